The first-order valence-corrected chi connectivity index (χ1v) is 4.28. The minimum absolute atomic E-state index is 0.540. The number of rotatable bonds is 1. The molecule has 0 aromatic heterocycles. The third kappa shape index (κ3) is 1.41. The van der Waals surface area contributed by atoms with E-state index in [1.54, 1.807) is 5.12 Å². The van der Waals surface area contributed by atoms with Crippen LogP contribution in [0, 0.1) is 11.3 Å². The van der Waals surface area contributed by atoms with E-state index in [1.807, 2.05) is 37.4 Å². The Hall–Kier alpha value is -1.99. The number of nitrogens with zero attached hydrogens (tertiary/aromatic N) is 2. The van der Waals surface area contributed by atoms with Gasteiger partial charge < -0.3 is 0 Å². The van der Waals surface area contributed by atoms with Crippen LogP contribution in [-0.2, 0) is 0 Å². The van der Waals surface area contributed by atoms with Crippen LogP contribution >= 0.6 is 0 Å². The van der Waals surface area contributed by atoms with Crippen molar-refractivity contribution in [2.75, 3.05) is 7.05 Å². The van der Waals surface area contributed by atoms with E-state index in [4.69, 9.17) is 5.26 Å². The molecule has 1 aromatic carbocycles. The molecule has 4 nitrogen and oxygen atoms in total. The van der Waals surface area contributed by atoms with Gasteiger partial charge in [-0.1, -0.05) is 30.3 Å². The summed E-state index contributed by atoms with van der Waals surface area (Å²) in [5.41, 5.74) is 8.30. The second-order valence-electron chi connectivity index (χ2n) is 3.01. The van der Waals surface area contributed by atoms with Gasteiger partial charge >= 0.3 is 0 Å². The molecule has 0 saturated heterocycles. The summed E-state index contributed by atoms with van der Waals surface area (Å²) >= 11 is 0. The Balaban J connectivity index is 2.40. The third-order valence-electron chi connectivity index (χ3n) is 1.98. The molecule has 1 aromatic rings. The molecule has 2 rings (SSSR count). The van der Waals surface area contributed by atoms with Gasteiger partial charge in [0.15, 0.2) is 5.70 Å². The molecule has 0 radical (unpaired) electrons. The van der Waals surface area contributed by atoms with Crippen LogP contribution in [0.1, 0.15) is 5.56 Å². The van der Waals surface area contributed by atoms with E-state index in [-0.39, 0.29) is 0 Å². The highest BCUT2D eigenvalue weighted by Crippen LogP contribution is 2.17. The fourth-order valence-electron chi connectivity index (χ4n) is 1.37. The Morgan fingerprint density at radius 3 is 2.57 bits per heavy atom. The van der Waals surface area contributed by atoms with Crippen LogP contribution in [-0.4, -0.2) is 12.2 Å². The lowest BCUT2D eigenvalue weighted by molar-refractivity contribution is 0.247. The molecule has 4 heteroatoms. The summed E-state index contributed by atoms with van der Waals surface area (Å²) in [6.07, 6.45) is 0. The molecule has 0 saturated carbocycles. The van der Waals surface area contributed by atoms with Gasteiger partial charge in [-0.25, -0.2) is 0 Å². The quantitative estimate of drug-likeness (QED) is 0.682. The molecule has 1 aliphatic heterocycles. The molecule has 0 fully saturated rings. The molecular weight excluding hydrogens is 176 g/mol. The highest BCUT2D eigenvalue weighted by atomic mass is 15.7. The van der Waals surface area contributed by atoms with E-state index in [1.165, 1.54) is 0 Å². The molecule has 1 aliphatic rings. The first kappa shape index (κ1) is 8.60. The Morgan fingerprint density at radius 1 is 1.21 bits per heavy atom. The average Bonchev–Trinajstić information content (AvgIpc) is 2.61. The summed E-state index contributed by atoms with van der Waals surface area (Å²) in [6.45, 7) is 0. The van der Waals surface area contributed by atoms with Crippen molar-refractivity contribution >= 4 is 5.70 Å². The zero-order valence-electron chi connectivity index (χ0n) is 7.78. The van der Waals surface area contributed by atoms with Crippen molar-refractivity contribution < 1.29 is 0 Å². The fourth-order valence-corrected chi connectivity index (χ4v) is 1.37. The van der Waals surface area contributed by atoms with E-state index >= 15 is 0 Å². The standard InChI is InChI=1S/C10H10N4/c1-14-12-9(7-11)10(13-14)8-5-3-2-4-6-8/h2-6,12-13H,1H3. The Labute approximate surface area is 82.4 Å². The van der Waals surface area contributed by atoms with E-state index in [9.17, 15) is 0 Å². The lowest BCUT2D eigenvalue weighted by Crippen LogP contribution is -2.35. The van der Waals surface area contributed by atoms with Crippen molar-refractivity contribution in [3.05, 3.63) is 41.6 Å². The summed E-state index contributed by atoms with van der Waals surface area (Å²) in [7, 11) is 1.81. The Morgan fingerprint density at radius 2 is 1.93 bits per heavy atom. The summed E-state index contributed by atoms with van der Waals surface area (Å²) in [5.74, 6) is 0. The van der Waals surface area contributed by atoms with E-state index in [0.717, 1.165) is 11.3 Å². The summed E-state index contributed by atoms with van der Waals surface area (Å²) in [5, 5.41) is 10.5. The largest absolute Gasteiger partial charge is 0.298 e. The number of hydrazine groups is 2. The van der Waals surface area contributed by atoms with Crippen molar-refractivity contribution in [3.8, 4) is 6.07 Å². The highest BCUT2D eigenvalue weighted by molar-refractivity contribution is 5.70. The highest BCUT2D eigenvalue weighted by Gasteiger charge is 2.18. The Bertz CT molecular complexity index is 402. The van der Waals surface area contributed by atoms with E-state index < -0.39 is 0 Å². The monoisotopic (exact) mass is 186 g/mol. The number of nitrogens with one attached hydrogen (secondary N) is 2. The zero-order chi connectivity index (χ0) is 9.97. The number of hydrogen-bond acceptors (Lipinski definition) is 4. The normalized spacial score (nSPS) is 16.0. The van der Waals surface area contributed by atoms with Gasteiger partial charge in [-0.05, 0) is 0 Å². The second kappa shape index (κ2) is 3.40. The van der Waals surface area contributed by atoms with Crippen LogP contribution < -0.4 is 10.9 Å². The predicted molar refractivity (Wildman–Crippen MR) is 53.0 cm³/mol. The van der Waals surface area contributed by atoms with Crippen molar-refractivity contribution in [2.24, 2.45) is 0 Å². The van der Waals surface area contributed by atoms with E-state index in [0.29, 0.717) is 5.70 Å². The summed E-state index contributed by atoms with van der Waals surface area (Å²) < 4.78 is 0. The predicted octanol–water partition coefficient (Wildman–Crippen LogP) is 0.833. The maximum absolute atomic E-state index is 8.88. The molecule has 0 aliphatic carbocycles. The van der Waals surface area contributed by atoms with Gasteiger partial charge in [0, 0.05) is 12.6 Å². The van der Waals surface area contributed by atoms with Gasteiger partial charge in [0.2, 0.25) is 0 Å². The SMILES string of the molecule is CN1NC(C#N)=C(c2ccccc2)N1. The molecule has 1 heterocycles. The van der Waals surface area contributed by atoms with Crippen LogP contribution in [0.4, 0.5) is 0 Å². The smallest absolute Gasteiger partial charge is 0.154 e. The Kier molecular flexibility index (Phi) is 2.09. The second-order valence-corrected chi connectivity index (χ2v) is 3.01. The molecule has 0 bridgehead atoms. The van der Waals surface area contributed by atoms with Crippen LogP contribution in [0.15, 0.2) is 36.0 Å². The first-order valence-electron chi connectivity index (χ1n) is 4.28. The molecule has 0 unspecified atom stereocenters. The zero-order valence-corrected chi connectivity index (χ0v) is 7.78. The number of hydrogen-bond donors (Lipinski definition) is 2. The molecule has 0 amide bonds. The minimum Gasteiger partial charge on any atom is -0.298 e. The fraction of sp³-hybridized carbons (Fsp3) is 0.100. The van der Waals surface area contributed by atoms with Gasteiger partial charge in [0.25, 0.3) is 0 Å². The first-order chi connectivity index (χ1) is 6.81. The number of benzene rings is 1. The number of nitriles is 1. The van der Waals surface area contributed by atoms with Crippen molar-refractivity contribution in [3.63, 3.8) is 0 Å². The topological polar surface area (TPSA) is 51.1 Å². The average molecular weight is 186 g/mol. The van der Waals surface area contributed by atoms with Crippen LogP contribution in [0.5, 0.6) is 0 Å². The molecule has 2 N–H and O–H groups in total. The lowest BCUT2D eigenvalue weighted by atomic mass is 10.1. The summed E-state index contributed by atoms with van der Waals surface area (Å²) in [6, 6.07) is 11.9. The minimum atomic E-state index is 0.540. The molecule has 70 valence electrons. The van der Waals surface area contributed by atoms with Gasteiger partial charge in [-0.2, -0.15) is 5.26 Å². The van der Waals surface area contributed by atoms with Crippen LogP contribution in [0.3, 0.4) is 0 Å². The van der Waals surface area contributed by atoms with Gasteiger partial charge in [0.05, 0.1) is 5.70 Å². The maximum atomic E-state index is 8.88. The van der Waals surface area contributed by atoms with Gasteiger partial charge in [-0.15, -0.1) is 5.12 Å². The van der Waals surface area contributed by atoms with Crippen LogP contribution in [0.2, 0.25) is 0 Å². The lowest BCUT2D eigenvalue weighted by Gasteiger charge is -2.10. The molecule has 0 atom stereocenters. The maximum Gasteiger partial charge on any atom is 0.154 e. The molecule has 0 spiro atoms. The van der Waals surface area contributed by atoms with E-state index in [2.05, 4.69) is 16.9 Å². The van der Waals surface area contributed by atoms with Gasteiger partial charge in [0.1, 0.15) is 6.07 Å². The molecule has 14 heavy (non-hydrogen) atoms. The summed E-state index contributed by atoms with van der Waals surface area (Å²) in [4.78, 5) is 0. The molecular formula is C10H10N4. The van der Waals surface area contributed by atoms with Crippen LogP contribution in [0.25, 0.3) is 5.70 Å². The van der Waals surface area contributed by atoms with Gasteiger partial charge in [-0.3, -0.25) is 10.9 Å². The van der Waals surface area contributed by atoms with Crippen molar-refractivity contribution in [2.45, 2.75) is 0 Å². The number of allylic oxidation sites excluding steroid dienone is 1. The third-order valence-corrected chi connectivity index (χ3v) is 1.98. The van der Waals surface area contributed by atoms with Crippen molar-refractivity contribution in [1.82, 2.24) is 16.0 Å². The van der Waals surface area contributed by atoms with Crippen molar-refractivity contribution in [1.29, 1.82) is 5.26 Å².